The molecule has 0 spiro atoms. The number of likely N-dealkylation sites (N-methyl/N-ethyl adjacent to an activating group) is 1. The zero-order chi connectivity index (χ0) is 25.7. The number of methoxy groups -OCH3 is 1. The molecule has 1 unspecified atom stereocenters. The number of ether oxygens (including phenoxy) is 1. The molecule has 0 saturated heterocycles. The molecule has 14 heteroatoms. The molecule has 1 aliphatic carbocycles. The number of hydrogen-bond donors (Lipinski definition) is 0. The molecule has 34 heavy (non-hydrogen) atoms. The summed E-state index contributed by atoms with van der Waals surface area (Å²) in [5.74, 6) is -3.74. The summed E-state index contributed by atoms with van der Waals surface area (Å²) < 4.78 is 139. The zero-order valence-electron chi connectivity index (χ0n) is 18.3. The Balaban J connectivity index is 2.17. The molecule has 1 aromatic carbocycles. The second-order valence-corrected chi connectivity index (χ2v) is 10.6. The highest BCUT2D eigenvalue weighted by Gasteiger charge is 2.45. The third-order valence-corrected chi connectivity index (χ3v) is 8.30. The maximum absolute atomic E-state index is 13.7. The standard InChI is InChI=1S/C20H24F8N2O3S/c1-29-13(5-8-19(23,24)25)11-30(12-3-6-18(21,22)7-4-12)15-9-14(20(26,27)28)16(33-2)10-17(15)34(29,31)32/h9-10,12-13H,3-8,11H2,1-2H3. The van der Waals surface area contributed by atoms with Crippen molar-refractivity contribution < 1.29 is 48.3 Å². The minimum Gasteiger partial charge on any atom is -0.496 e. The third kappa shape index (κ3) is 5.52. The smallest absolute Gasteiger partial charge is 0.420 e. The molecule has 0 bridgehead atoms. The molecule has 3 rings (SSSR count). The molecule has 0 amide bonds. The third-order valence-electron chi connectivity index (χ3n) is 6.36. The van der Waals surface area contributed by atoms with Crippen LogP contribution in [0.5, 0.6) is 5.75 Å². The van der Waals surface area contributed by atoms with Gasteiger partial charge in [-0.1, -0.05) is 0 Å². The molecular weight excluding hydrogens is 500 g/mol. The lowest BCUT2D eigenvalue weighted by molar-refractivity contribution is -0.139. The first-order valence-corrected chi connectivity index (χ1v) is 11.9. The second-order valence-electron chi connectivity index (χ2n) is 8.59. The van der Waals surface area contributed by atoms with Gasteiger partial charge in [0.25, 0.3) is 0 Å². The summed E-state index contributed by atoms with van der Waals surface area (Å²) in [4.78, 5) is 0.674. The second kappa shape index (κ2) is 8.99. The van der Waals surface area contributed by atoms with Crippen LogP contribution in [0.4, 0.5) is 40.8 Å². The molecule has 0 aromatic heterocycles. The van der Waals surface area contributed by atoms with E-state index >= 15 is 0 Å². The minimum atomic E-state index is -4.93. The van der Waals surface area contributed by atoms with Gasteiger partial charge in [0, 0.05) is 51.0 Å². The van der Waals surface area contributed by atoms with Crippen molar-refractivity contribution in [3.63, 3.8) is 0 Å². The molecule has 194 valence electrons. The van der Waals surface area contributed by atoms with Crippen molar-refractivity contribution in [2.24, 2.45) is 0 Å². The number of hydrogen-bond acceptors (Lipinski definition) is 4. The zero-order valence-corrected chi connectivity index (χ0v) is 19.1. The van der Waals surface area contributed by atoms with Crippen LogP contribution in [-0.2, 0) is 16.2 Å². The number of fused-ring (bicyclic) bond motifs is 1. The van der Waals surface area contributed by atoms with E-state index in [4.69, 9.17) is 4.74 Å². The Morgan fingerprint density at radius 3 is 2.18 bits per heavy atom. The average molecular weight is 524 g/mol. The number of halogens is 8. The summed E-state index contributed by atoms with van der Waals surface area (Å²) in [5.41, 5.74) is -1.66. The largest absolute Gasteiger partial charge is 0.496 e. The SMILES string of the molecule is COc1cc2c(cc1C(F)(F)F)N(C1CCC(F)(F)CC1)CC(CCC(F)(F)F)N(C)S2(=O)=O. The molecule has 1 heterocycles. The Labute approximate surface area is 191 Å². The van der Waals surface area contributed by atoms with Crippen molar-refractivity contribution in [2.75, 3.05) is 25.6 Å². The normalized spacial score (nSPS) is 23.9. The molecule has 1 fully saturated rings. The van der Waals surface area contributed by atoms with Gasteiger partial charge < -0.3 is 9.64 Å². The number of nitrogens with zero attached hydrogens (tertiary/aromatic N) is 2. The van der Waals surface area contributed by atoms with Gasteiger partial charge >= 0.3 is 12.4 Å². The number of anilines is 1. The van der Waals surface area contributed by atoms with E-state index in [1.54, 1.807) is 0 Å². The molecule has 1 aliphatic heterocycles. The maximum atomic E-state index is 13.7. The van der Waals surface area contributed by atoms with Crippen molar-refractivity contribution in [1.29, 1.82) is 0 Å². The minimum absolute atomic E-state index is 0.157. The lowest BCUT2D eigenvalue weighted by Crippen LogP contribution is -2.47. The number of sulfonamides is 1. The van der Waals surface area contributed by atoms with E-state index in [0.29, 0.717) is 16.4 Å². The fourth-order valence-electron chi connectivity index (χ4n) is 4.45. The van der Waals surface area contributed by atoms with E-state index < -0.39 is 82.3 Å². The Kier molecular flexibility index (Phi) is 7.08. The van der Waals surface area contributed by atoms with Crippen LogP contribution in [0.25, 0.3) is 0 Å². The van der Waals surface area contributed by atoms with E-state index in [1.807, 2.05) is 0 Å². The number of benzene rings is 1. The molecule has 1 atom stereocenters. The van der Waals surface area contributed by atoms with E-state index in [9.17, 15) is 43.5 Å². The Morgan fingerprint density at radius 1 is 1.09 bits per heavy atom. The summed E-state index contributed by atoms with van der Waals surface area (Å²) >= 11 is 0. The molecule has 0 radical (unpaired) electrons. The first-order chi connectivity index (χ1) is 15.5. The van der Waals surface area contributed by atoms with Crippen LogP contribution >= 0.6 is 0 Å². The Morgan fingerprint density at radius 2 is 1.68 bits per heavy atom. The molecule has 5 nitrogen and oxygen atoms in total. The highest BCUT2D eigenvalue weighted by atomic mass is 32.2. The average Bonchev–Trinajstić information content (AvgIpc) is 2.78. The molecule has 1 saturated carbocycles. The van der Waals surface area contributed by atoms with E-state index in [2.05, 4.69) is 0 Å². The van der Waals surface area contributed by atoms with Crippen LogP contribution in [0.15, 0.2) is 17.0 Å². The van der Waals surface area contributed by atoms with Crippen LogP contribution in [0.1, 0.15) is 44.1 Å². The van der Waals surface area contributed by atoms with Gasteiger partial charge in [-0.05, 0) is 25.3 Å². The van der Waals surface area contributed by atoms with Crippen LogP contribution in [0.2, 0.25) is 0 Å². The number of alkyl halides is 8. The first-order valence-electron chi connectivity index (χ1n) is 10.4. The van der Waals surface area contributed by atoms with Gasteiger partial charge in [0.15, 0.2) is 0 Å². The topological polar surface area (TPSA) is 49.9 Å². The number of rotatable bonds is 4. The summed E-state index contributed by atoms with van der Waals surface area (Å²) in [5, 5.41) is 0. The highest BCUT2D eigenvalue weighted by molar-refractivity contribution is 7.89. The molecule has 1 aromatic rings. The molecule has 0 N–H and O–H groups in total. The van der Waals surface area contributed by atoms with Gasteiger partial charge in [-0.3, -0.25) is 0 Å². The molecular formula is C20H24F8N2O3S. The predicted octanol–water partition coefficient (Wildman–Crippen LogP) is 5.44. The highest BCUT2D eigenvalue weighted by Crippen LogP contribution is 2.46. The van der Waals surface area contributed by atoms with Gasteiger partial charge in [-0.25, -0.2) is 17.2 Å². The van der Waals surface area contributed by atoms with Crippen molar-refractivity contribution in [1.82, 2.24) is 4.31 Å². The van der Waals surface area contributed by atoms with Gasteiger partial charge in [-0.15, -0.1) is 0 Å². The van der Waals surface area contributed by atoms with Crippen molar-refractivity contribution >= 4 is 15.7 Å². The van der Waals surface area contributed by atoms with E-state index in [1.165, 1.54) is 4.90 Å². The fourth-order valence-corrected chi connectivity index (χ4v) is 6.02. The lowest BCUT2D eigenvalue weighted by atomic mass is 9.90. The summed E-state index contributed by atoms with van der Waals surface area (Å²) in [6.45, 7) is -0.376. The summed E-state index contributed by atoms with van der Waals surface area (Å²) in [7, 11) is -2.55. The van der Waals surface area contributed by atoms with Gasteiger partial charge in [0.05, 0.1) is 18.4 Å². The first kappa shape index (κ1) is 26.8. The fraction of sp³-hybridized carbons (Fsp3) is 0.700. The van der Waals surface area contributed by atoms with Gasteiger partial charge in [0.2, 0.25) is 15.9 Å². The van der Waals surface area contributed by atoms with Crippen LogP contribution in [0, 0.1) is 0 Å². The summed E-state index contributed by atoms with van der Waals surface area (Å²) in [6, 6.07) is -0.747. The molecule has 2 aliphatic rings. The van der Waals surface area contributed by atoms with E-state index in [-0.39, 0.29) is 25.1 Å². The van der Waals surface area contributed by atoms with Gasteiger partial charge in [0.1, 0.15) is 10.6 Å². The quantitative estimate of drug-likeness (QED) is 0.492. The predicted molar refractivity (Wildman–Crippen MR) is 107 cm³/mol. The Hall–Kier alpha value is -1.83. The van der Waals surface area contributed by atoms with Crippen molar-refractivity contribution in [3.05, 3.63) is 17.7 Å². The maximum Gasteiger partial charge on any atom is 0.420 e. The van der Waals surface area contributed by atoms with Crippen molar-refractivity contribution in [2.45, 2.75) is 73.8 Å². The van der Waals surface area contributed by atoms with Crippen molar-refractivity contribution in [3.8, 4) is 5.75 Å². The van der Waals surface area contributed by atoms with Crippen LogP contribution < -0.4 is 9.64 Å². The van der Waals surface area contributed by atoms with Crippen LogP contribution in [0.3, 0.4) is 0 Å². The summed E-state index contributed by atoms with van der Waals surface area (Å²) in [6.07, 6.45) is -12.9. The lowest BCUT2D eigenvalue weighted by Gasteiger charge is -2.40. The van der Waals surface area contributed by atoms with Crippen LogP contribution in [-0.4, -0.2) is 57.6 Å². The van der Waals surface area contributed by atoms with Gasteiger partial charge in [-0.2, -0.15) is 30.6 Å². The van der Waals surface area contributed by atoms with E-state index in [0.717, 1.165) is 14.2 Å². The Bertz CT molecular complexity index is 1000. The monoisotopic (exact) mass is 524 g/mol.